The minimum atomic E-state index is -1.03. The molecule has 2 unspecified atom stereocenters. The predicted molar refractivity (Wildman–Crippen MR) is 157 cm³/mol. The molecule has 2 aliphatic rings. The van der Waals surface area contributed by atoms with Crippen LogP contribution in [0.3, 0.4) is 0 Å². The highest BCUT2D eigenvalue weighted by Gasteiger charge is 2.52. The second-order valence-corrected chi connectivity index (χ2v) is 10.4. The minimum absolute atomic E-state index is 0.103. The topological polar surface area (TPSA) is 126 Å². The van der Waals surface area contributed by atoms with Gasteiger partial charge in [0.25, 0.3) is 5.56 Å². The fourth-order valence-corrected chi connectivity index (χ4v) is 5.71. The third kappa shape index (κ3) is 3.81. The second-order valence-electron chi connectivity index (χ2n) is 10.4. The first-order valence-electron chi connectivity index (χ1n) is 12.9. The molecule has 0 saturated carbocycles. The van der Waals surface area contributed by atoms with Gasteiger partial charge in [0.05, 0.1) is 28.9 Å². The van der Waals surface area contributed by atoms with Crippen molar-refractivity contribution >= 4 is 34.6 Å². The van der Waals surface area contributed by atoms with Crippen LogP contribution in [0.25, 0.3) is 16.5 Å². The number of aliphatic imine (C=N–C) groups is 2. The molecule has 3 aromatic carbocycles. The molecule has 0 radical (unpaired) electrons. The average molecular weight is 533 g/mol. The van der Waals surface area contributed by atoms with E-state index >= 15 is 0 Å². The normalized spacial score (nSPS) is 19.9. The maximum atomic E-state index is 14.1. The van der Waals surface area contributed by atoms with Gasteiger partial charge < -0.3 is 10.8 Å². The van der Waals surface area contributed by atoms with Crippen LogP contribution in [0.2, 0.25) is 0 Å². The molecule has 0 amide bonds. The molecule has 0 spiro atoms. The number of nitrogens with zero attached hydrogens (tertiary/aromatic N) is 5. The first kappa shape index (κ1) is 25.2. The SMILES string of the molecule is Cc1ccccc1-n1c(CN2N=C(c3cccc(C(=O)O)c3)C3(C)C(N)=NC=NC23)cc2cccc(C)c2c1=O. The number of pyridine rings is 1. The van der Waals surface area contributed by atoms with Crippen molar-refractivity contribution in [3.8, 4) is 5.69 Å². The Labute approximate surface area is 230 Å². The Hall–Kier alpha value is -5.05. The van der Waals surface area contributed by atoms with E-state index in [9.17, 15) is 14.7 Å². The van der Waals surface area contributed by atoms with E-state index in [1.165, 1.54) is 12.4 Å². The summed E-state index contributed by atoms with van der Waals surface area (Å²) in [5.41, 5.74) is 10.2. The van der Waals surface area contributed by atoms with Crippen LogP contribution in [0.5, 0.6) is 0 Å². The number of hydrazone groups is 1. The van der Waals surface area contributed by atoms with Gasteiger partial charge in [-0.25, -0.2) is 14.8 Å². The Morgan fingerprint density at radius 2 is 1.77 bits per heavy atom. The number of amidine groups is 1. The van der Waals surface area contributed by atoms with Crippen molar-refractivity contribution < 1.29 is 9.90 Å². The number of fused-ring (bicyclic) bond motifs is 2. The molecule has 200 valence electrons. The lowest BCUT2D eigenvalue weighted by Crippen LogP contribution is -2.51. The lowest BCUT2D eigenvalue weighted by atomic mass is 9.77. The Bertz CT molecular complexity index is 1850. The van der Waals surface area contributed by atoms with Crippen LogP contribution < -0.4 is 11.3 Å². The maximum Gasteiger partial charge on any atom is 0.335 e. The van der Waals surface area contributed by atoms with E-state index in [0.29, 0.717) is 22.5 Å². The summed E-state index contributed by atoms with van der Waals surface area (Å²) in [6.45, 7) is 6.09. The molecule has 9 nitrogen and oxygen atoms in total. The molecule has 0 aliphatic carbocycles. The number of hydrogen-bond acceptors (Lipinski definition) is 7. The number of nitrogens with two attached hydrogens (primary N) is 1. The molecular formula is C31H28N6O3. The quantitative estimate of drug-likeness (QED) is 0.397. The van der Waals surface area contributed by atoms with Gasteiger partial charge >= 0.3 is 5.97 Å². The van der Waals surface area contributed by atoms with Crippen LogP contribution in [0.15, 0.2) is 92.7 Å². The highest BCUT2D eigenvalue weighted by atomic mass is 16.4. The zero-order valence-electron chi connectivity index (χ0n) is 22.4. The summed E-state index contributed by atoms with van der Waals surface area (Å²) in [5, 5.41) is 17.9. The molecule has 2 aliphatic heterocycles. The largest absolute Gasteiger partial charge is 0.478 e. The first-order chi connectivity index (χ1) is 19.2. The Kier molecular flexibility index (Phi) is 5.87. The van der Waals surface area contributed by atoms with Crippen LogP contribution in [0.1, 0.15) is 39.7 Å². The number of para-hydroxylation sites is 1. The molecule has 40 heavy (non-hydrogen) atoms. The highest BCUT2D eigenvalue weighted by Crippen LogP contribution is 2.40. The summed E-state index contributed by atoms with van der Waals surface area (Å²) in [6.07, 6.45) is 0.890. The van der Waals surface area contributed by atoms with E-state index < -0.39 is 17.6 Å². The number of aryl methyl sites for hydroxylation is 2. The molecular weight excluding hydrogens is 504 g/mol. The van der Waals surface area contributed by atoms with Gasteiger partial charge in [-0.15, -0.1) is 0 Å². The summed E-state index contributed by atoms with van der Waals surface area (Å²) in [4.78, 5) is 34.7. The summed E-state index contributed by atoms with van der Waals surface area (Å²) in [6, 6.07) is 22.3. The van der Waals surface area contributed by atoms with E-state index in [1.807, 2.05) is 80.4 Å². The van der Waals surface area contributed by atoms with Crippen molar-refractivity contribution in [3.05, 3.63) is 111 Å². The molecule has 0 fully saturated rings. The zero-order valence-corrected chi connectivity index (χ0v) is 22.4. The summed E-state index contributed by atoms with van der Waals surface area (Å²) in [7, 11) is 0. The third-order valence-corrected chi connectivity index (χ3v) is 7.85. The molecule has 3 N–H and O–H groups in total. The molecule has 0 bridgehead atoms. The molecule has 1 aromatic heterocycles. The Morgan fingerprint density at radius 1 is 1.02 bits per heavy atom. The van der Waals surface area contributed by atoms with Gasteiger partial charge in [-0.05, 0) is 67.1 Å². The van der Waals surface area contributed by atoms with Crippen LogP contribution >= 0.6 is 0 Å². The van der Waals surface area contributed by atoms with Gasteiger partial charge in [0.1, 0.15) is 17.6 Å². The fraction of sp³-hybridized carbons (Fsp3) is 0.194. The second kappa shape index (κ2) is 9.30. The van der Waals surface area contributed by atoms with Gasteiger partial charge in [0.2, 0.25) is 0 Å². The molecule has 4 aromatic rings. The van der Waals surface area contributed by atoms with Crippen molar-refractivity contribution in [2.45, 2.75) is 33.5 Å². The van der Waals surface area contributed by atoms with Crippen LogP contribution in [0.4, 0.5) is 0 Å². The van der Waals surface area contributed by atoms with E-state index in [-0.39, 0.29) is 17.7 Å². The standard InChI is InChI=1S/C31H28N6O3/c1-18-8-4-5-13-24(18)37-23(15-20-10-6-9-19(2)25(20)27(37)38)16-36-30-31(3,29(32)33-17-34-30)26(35-36)21-11-7-12-22(14-21)28(39)40/h4-15,17,30H,16H2,1-3H3,(H,39,40)(H2,32,33,34). The number of carboxylic acids is 1. The molecule has 6 rings (SSSR count). The molecule has 0 saturated heterocycles. The maximum absolute atomic E-state index is 14.1. The van der Waals surface area contributed by atoms with Crippen molar-refractivity contribution in [2.75, 3.05) is 0 Å². The molecule has 3 heterocycles. The first-order valence-corrected chi connectivity index (χ1v) is 12.9. The van der Waals surface area contributed by atoms with Crippen LogP contribution in [0, 0.1) is 19.3 Å². The number of benzene rings is 3. The van der Waals surface area contributed by atoms with Gasteiger partial charge in [-0.2, -0.15) is 5.10 Å². The lowest BCUT2D eigenvalue weighted by Gasteiger charge is -2.34. The monoisotopic (exact) mass is 532 g/mol. The van der Waals surface area contributed by atoms with Gasteiger partial charge in [0, 0.05) is 5.69 Å². The van der Waals surface area contributed by atoms with Crippen LogP contribution in [-0.2, 0) is 6.54 Å². The van der Waals surface area contributed by atoms with Gasteiger partial charge in [0.15, 0.2) is 6.17 Å². The molecule has 9 heteroatoms. The number of aromatic carboxylic acids is 1. The van der Waals surface area contributed by atoms with Crippen molar-refractivity contribution in [3.63, 3.8) is 0 Å². The average Bonchev–Trinajstić information content (AvgIpc) is 3.23. The van der Waals surface area contributed by atoms with Crippen molar-refractivity contribution in [1.29, 1.82) is 0 Å². The summed E-state index contributed by atoms with van der Waals surface area (Å²) >= 11 is 0. The highest BCUT2D eigenvalue weighted by molar-refractivity contribution is 6.20. The van der Waals surface area contributed by atoms with Gasteiger partial charge in [-0.1, -0.05) is 48.5 Å². The van der Waals surface area contributed by atoms with Gasteiger partial charge in [-0.3, -0.25) is 14.4 Å². The van der Waals surface area contributed by atoms with E-state index in [2.05, 4.69) is 9.98 Å². The lowest BCUT2D eigenvalue weighted by molar-refractivity contribution is 0.0697. The predicted octanol–water partition coefficient (Wildman–Crippen LogP) is 4.26. The zero-order chi connectivity index (χ0) is 28.2. The number of rotatable bonds is 5. The number of hydrogen-bond donors (Lipinski definition) is 2. The molecule has 2 atom stereocenters. The minimum Gasteiger partial charge on any atom is -0.478 e. The van der Waals surface area contributed by atoms with E-state index in [0.717, 1.165) is 27.9 Å². The summed E-state index contributed by atoms with van der Waals surface area (Å²) < 4.78 is 1.75. The number of carboxylic acid groups (broad SMARTS) is 1. The Morgan fingerprint density at radius 3 is 2.55 bits per heavy atom. The van der Waals surface area contributed by atoms with Crippen LogP contribution in [-0.4, -0.2) is 44.7 Å². The number of aromatic nitrogens is 1. The fourth-order valence-electron chi connectivity index (χ4n) is 5.71. The van der Waals surface area contributed by atoms with Crippen molar-refractivity contribution in [1.82, 2.24) is 9.58 Å². The van der Waals surface area contributed by atoms with Crippen molar-refractivity contribution in [2.24, 2.45) is 26.2 Å². The van der Waals surface area contributed by atoms with E-state index in [4.69, 9.17) is 10.8 Å². The third-order valence-electron chi connectivity index (χ3n) is 7.85. The van der Waals surface area contributed by atoms with E-state index in [1.54, 1.807) is 16.7 Å². The number of carbonyl (C=O) groups is 1. The smallest absolute Gasteiger partial charge is 0.335 e. The Balaban J connectivity index is 1.55. The summed E-state index contributed by atoms with van der Waals surface area (Å²) in [5.74, 6) is -0.698.